The number of benzene rings is 3. The third-order valence-electron chi connectivity index (χ3n) is 11.2. The molecule has 6 unspecified atom stereocenters. The second kappa shape index (κ2) is 10.9. The van der Waals surface area contributed by atoms with Gasteiger partial charge in [-0.2, -0.15) is 5.01 Å². The summed E-state index contributed by atoms with van der Waals surface area (Å²) in [5, 5.41) is 11.6. The van der Waals surface area contributed by atoms with Gasteiger partial charge in [-0.25, -0.2) is 0 Å². The first-order valence-electron chi connectivity index (χ1n) is 16.9. The van der Waals surface area contributed by atoms with Crippen LogP contribution in [0.3, 0.4) is 0 Å². The van der Waals surface area contributed by atoms with Crippen molar-refractivity contribution in [2.24, 2.45) is 29.6 Å². The molecule has 2 N–H and O–H groups in total. The minimum atomic E-state index is -1.37. The van der Waals surface area contributed by atoms with E-state index in [-0.39, 0.29) is 35.8 Å². The van der Waals surface area contributed by atoms with Crippen LogP contribution in [0.1, 0.15) is 50.3 Å². The Morgan fingerprint density at radius 2 is 1.63 bits per heavy atom. The summed E-state index contributed by atoms with van der Waals surface area (Å²) in [6.45, 7) is 7.56. The molecule has 0 radical (unpaired) electrons. The van der Waals surface area contributed by atoms with E-state index >= 15 is 4.79 Å². The zero-order valence-electron chi connectivity index (χ0n) is 28.0. The molecular weight excluding hydrogens is 618 g/mol. The molecular formula is C40H39N3O6. The number of aryl methyl sites for hydroxylation is 1. The van der Waals surface area contributed by atoms with Gasteiger partial charge in [-0.1, -0.05) is 59.7 Å². The van der Waals surface area contributed by atoms with E-state index in [1.807, 2.05) is 82.3 Å². The summed E-state index contributed by atoms with van der Waals surface area (Å²) in [6, 6.07) is 21.9. The van der Waals surface area contributed by atoms with Crippen molar-refractivity contribution in [1.82, 2.24) is 9.91 Å². The van der Waals surface area contributed by atoms with E-state index in [2.05, 4.69) is 11.5 Å². The number of anilines is 1. The lowest BCUT2D eigenvalue weighted by Crippen LogP contribution is -2.55. The zero-order valence-corrected chi connectivity index (χ0v) is 28.0. The molecule has 2 saturated heterocycles. The quantitative estimate of drug-likeness (QED) is 0.268. The van der Waals surface area contributed by atoms with Gasteiger partial charge in [-0.3, -0.25) is 29.5 Å². The van der Waals surface area contributed by atoms with Crippen molar-refractivity contribution in [3.63, 3.8) is 0 Å². The highest BCUT2D eigenvalue weighted by Crippen LogP contribution is 2.63. The van der Waals surface area contributed by atoms with E-state index in [4.69, 9.17) is 4.74 Å². The Kier molecular flexibility index (Phi) is 6.93. The Hall–Kier alpha value is -5.18. The van der Waals surface area contributed by atoms with Crippen LogP contribution >= 0.6 is 0 Å². The number of hydrogen-bond acceptors (Lipinski definition) is 7. The van der Waals surface area contributed by atoms with Crippen LogP contribution in [-0.4, -0.2) is 44.2 Å². The molecule has 0 bridgehead atoms. The number of likely N-dealkylation sites (tertiary alicyclic amines) is 1. The summed E-state index contributed by atoms with van der Waals surface area (Å²) < 4.78 is 6.18. The van der Waals surface area contributed by atoms with E-state index in [0.29, 0.717) is 29.8 Å². The maximum absolute atomic E-state index is 15.3. The molecule has 49 heavy (non-hydrogen) atoms. The second-order valence-electron chi connectivity index (χ2n) is 15.1. The Balaban J connectivity index is 1.33. The van der Waals surface area contributed by atoms with E-state index in [1.165, 1.54) is 4.90 Å². The standard InChI is InChI=1S/C40H39N3O6/c1-22-10-12-26(13-11-22)41-43-36(46)31-20-30-28(15-16-29-33(30)37(47)42(35(29)45)39(2,3)4)34(40(31,38(43)48)25-8-6-5-7-9-25)24-18-23-19-27(44)14-17-32(23)49-21-24/h5-15,17,19,21,29-31,33-34,41,44H,16,18,20H2,1-4H3. The van der Waals surface area contributed by atoms with Gasteiger partial charge in [0, 0.05) is 23.4 Å². The molecule has 250 valence electrons. The number of carbonyl (C=O) groups is 4. The van der Waals surface area contributed by atoms with Crippen LogP contribution in [-0.2, 0) is 31.0 Å². The smallest absolute Gasteiger partial charge is 0.260 e. The number of ether oxygens (including phenoxy) is 1. The number of carbonyl (C=O) groups excluding carboxylic acids is 4. The van der Waals surface area contributed by atoms with Gasteiger partial charge in [-0.15, -0.1) is 0 Å². The molecule has 1 saturated carbocycles. The number of fused-ring (bicyclic) bond motifs is 5. The average molecular weight is 658 g/mol. The number of phenolic OH excluding ortho intramolecular Hbond substituents is 1. The van der Waals surface area contributed by atoms with Gasteiger partial charge in [-0.05, 0) is 87.9 Å². The first-order chi connectivity index (χ1) is 23.4. The van der Waals surface area contributed by atoms with Crippen molar-refractivity contribution in [2.75, 3.05) is 5.43 Å². The molecule has 8 rings (SSSR count). The van der Waals surface area contributed by atoms with Crippen molar-refractivity contribution in [1.29, 1.82) is 0 Å². The van der Waals surface area contributed by atoms with Crippen LogP contribution in [0, 0.1) is 36.5 Å². The van der Waals surface area contributed by atoms with Crippen molar-refractivity contribution < 1.29 is 29.0 Å². The highest BCUT2D eigenvalue weighted by Gasteiger charge is 2.71. The van der Waals surface area contributed by atoms with Gasteiger partial charge >= 0.3 is 0 Å². The minimum absolute atomic E-state index is 0.0958. The molecule has 5 aliphatic rings. The highest BCUT2D eigenvalue weighted by molar-refractivity contribution is 6.13. The molecule has 3 heterocycles. The Morgan fingerprint density at radius 3 is 2.35 bits per heavy atom. The van der Waals surface area contributed by atoms with Crippen LogP contribution in [0.5, 0.6) is 11.5 Å². The molecule has 0 spiro atoms. The molecule has 4 amide bonds. The zero-order chi connectivity index (χ0) is 34.4. The average Bonchev–Trinajstić information content (AvgIpc) is 3.47. The van der Waals surface area contributed by atoms with Gasteiger partial charge in [0.25, 0.3) is 11.8 Å². The maximum Gasteiger partial charge on any atom is 0.260 e. The van der Waals surface area contributed by atoms with Gasteiger partial charge in [0.2, 0.25) is 11.8 Å². The van der Waals surface area contributed by atoms with Gasteiger partial charge in [0.15, 0.2) is 0 Å². The van der Waals surface area contributed by atoms with Crippen molar-refractivity contribution >= 4 is 29.3 Å². The fraction of sp³-hybridized carbons (Fsp3) is 0.350. The predicted molar refractivity (Wildman–Crippen MR) is 182 cm³/mol. The molecule has 9 nitrogen and oxygen atoms in total. The van der Waals surface area contributed by atoms with E-state index in [9.17, 15) is 19.5 Å². The van der Waals surface area contributed by atoms with E-state index in [0.717, 1.165) is 27.3 Å². The molecule has 0 aromatic heterocycles. The number of aromatic hydroxyl groups is 1. The number of phenols is 1. The third-order valence-corrected chi connectivity index (χ3v) is 11.2. The number of rotatable bonds is 4. The molecule has 3 aromatic carbocycles. The molecule has 6 atom stereocenters. The second-order valence-corrected chi connectivity index (χ2v) is 15.1. The molecule has 3 aromatic rings. The van der Waals surface area contributed by atoms with Gasteiger partial charge < -0.3 is 9.84 Å². The number of hydrazine groups is 1. The van der Waals surface area contributed by atoms with Crippen LogP contribution in [0.4, 0.5) is 5.69 Å². The van der Waals surface area contributed by atoms with Crippen molar-refractivity contribution in [2.45, 2.75) is 57.9 Å². The monoisotopic (exact) mass is 657 g/mol. The van der Waals surface area contributed by atoms with Crippen LogP contribution in [0.2, 0.25) is 0 Å². The van der Waals surface area contributed by atoms with Crippen LogP contribution < -0.4 is 10.2 Å². The highest BCUT2D eigenvalue weighted by atomic mass is 16.5. The third kappa shape index (κ3) is 4.51. The molecule has 3 aliphatic heterocycles. The summed E-state index contributed by atoms with van der Waals surface area (Å²) in [7, 11) is 0. The van der Waals surface area contributed by atoms with Crippen LogP contribution in [0.25, 0.3) is 0 Å². The number of hydrogen-bond donors (Lipinski definition) is 2. The number of nitrogens with zero attached hydrogens (tertiary/aromatic N) is 2. The number of imide groups is 2. The molecule has 2 aliphatic carbocycles. The Morgan fingerprint density at radius 1 is 0.898 bits per heavy atom. The predicted octanol–water partition coefficient (Wildman–Crippen LogP) is 5.84. The Labute approximate surface area is 285 Å². The summed E-state index contributed by atoms with van der Waals surface area (Å²) in [5.74, 6) is -3.60. The van der Waals surface area contributed by atoms with Crippen molar-refractivity contribution in [3.05, 3.63) is 113 Å². The summed E-state index contributed by atoms with van der Waals surface area (Å²) in [5.41, 5.74) is 5.82. The topological polar surface area (TPSA) is 116 Å². The minimum Gasteiger partial charge on any atom is -0.508 e. The summed E-state index contributed by atoms with van der Waals surface area (Å²) in [4.78, 5) is 59.6. The number of amides is 4. The number of nitrogens with one attached hydrogen (secondary N) is 1. The normalized spacial score (nSPS) is 29.0. The molecule has 3 fully saturated rings. The lowest BCUT2D eigenvalue weighted by molar-refractivity contribution is -0.146. The fourth-order valence-corrected chi connectivity index (χ4v) is 9.22. The largest absolute Gasteiger partial charge is 0.508 e. The van der Waals surface area contributed by atoms with Crippen LogP contribution in [0.15, 0.2) is 96.3 Å². The first kappa shape index (κ1) is 31.1. The van der Waals surface area contributed by atoms with E-state index in [1.54, 1.807) is 24.5 Å². The summed E-state index contributed by atoms with van der Waals surface area (Å²) >= 11 is 0. The SMILES string of the molecule is Cc1ccc(NN2C(=O)C3CC4C(=CCC5C(=O)N(C(C)(C)C)C(=O)C54)C(C4=COc5ccc(O)cc5C4)C3(c3ccccc3)C2=O)cc1. The lowest BCUT2D eigenvalue weighted by Gasteiger charge is -2.51. The summed E-state index contributed by atoms with van der Waals surface area (Å²) in [6.07, 6.45) is 4.69. The lowest BCUT2D eigenvalue weighted by atomic mass is 9.48. The number of allylic oxidation sites excluding steroid dienone is 3. The van der Waals surface area contributed by atoms with Gasteiger partial charge in [0.05, 0.1) is 35.1 Å². The fourth-order valence-electron chi connectivity index (χ4n) is 9.22. The van der Waals surface area contributed by atoms with Crippen molar-refractivity contribution in [3.8, 4) is 11.5 Å². The van der Waals surface area contributed by atoms with E-state index < -0.39 is 40.5 Å². The first-order valence-corrected chi connectivity index (χ1v) is 16.9. The maximum atomic E-state index is 15.3. The molecule has 9 heteroatoms. The van der Waals surface area contributed by atoms with Gasteiger partial charge in [0.1, 0.15) is 11.5 Å². The Bertz CT molecular complexity index is 1980.